The lowest BCUT2D eigenvalue weighted by Crippen LogP contribution is -2.16. The number of carbonyl (C=O) groups is 1. The van der Waals surface area contributed by atoms with Crippen LogP contribution in [0, 0.1) is 3.57 Å². The first-order chi connectivity index (χ1) is 9.61. The monoisotopic (exact) mass is 390 g/mol. The normalized spacial score (nSPS) is 11.9. The van der Waals surface area contributed by atoms with E-state index in [0.29, 0.717) is 0 Å². The fourth-order valence-electron chi connectivity index (χ4n) is 1.84. The molecule has 0 aliphatic rings. The van der Waals surface area contributed by atoms with Crippen molar-refractivity contribution in [3.63, 3.8) is 0 Å². The van der Waals surface area contributed by atoms with E-state index in [2.05, 4.69) is 29.5 Å². The smallest absolute Gasteiger partial charge is 0.431 e. The number of halogens is 1. The van der Waals surface area contributed by atoms with Gasteiger partial charge in [0.25, 0.3) is 0 Å². The molecule has 0 amide bonds. The van der Waals surface area contributed by atoms with Gasteiger partial charge in [-0.2, -0.15) is 0 Å². The van der Waals surface area contributed by atoms with Gasteiger partial charge in [0.1, 0.15) is 12.7 Å². The van der Waals surface area contributed by atoms with E-state index in [0.717, 1.165) is 22.0 Å². The van der Waals surface area contributed by atoms with Crippen molar-refractivity contribution in [3.8, 4) is 0 Å². The van der Waals surface area contributed by atoms with E-state index in [4.69, 9.17) is 9.47 Å². The molecule has 1 aromatic carbocycles. The number of unbranched alkanes of at least 4 members (excludes halogenated alkanes) is 3. The molecule has 0 aromatic heterocycles. The zero-order valence-electron chi connectivity index (χ0n) is 12.2. The van der Waals surface area contributed by atoms with E-state index in [-0.39, 0.29) is 12.7 Å². The average Bonchev–Trinajstić information content (AvgIpc) is 2.43. The summed E-state index contributed by atoms with van der Waals surface area (Å²) in [7, 11) is 0. The quantitative estimate of drug-likeness (QED) is 0.343. The summed E-state index contributed by atoms with van der Waals surface area (Å²) in [6, 6.07) is 7.87. The third kappa shape index (κ3) is 7.72. The number of ether oxygens (including phenoxy) is 2. The van der Waals surface area contributed by atoms with Crippen molar-refractivity contribution < 1.29 is 14.3 Å². The second-order valence-corrected chi connectivity index (χ2v) is 6.19. The minimum Gasteiger partial charge on any atom is -0.431 e. The van der Waals surface area contributed by atoms with Crippen LogP contribution in [0.4, 0.5) is 4.79 Å². The molecule has 0 N–H and O–H groups in total. The molecule has 1 aromatic rings. The van der Waals surface area contributed by atoms with Gasteiger partial charge in [-0.25, -0.2) is 4.79 Å². The van der Waals surface area contributed by atoms with E-state index < -0.39 is 6.16 Å². The van der Waals surface area contributed by atoms with Gasteiger partial charge in [-0.1, -0.05) is 38.3 Å². The summed E-state index contributed by atoms with van der Waals surface area (Å²) in [5.41, 5.74) is 0.970. The van der Waals surface area contributed by atoms with Gasteiger partial charge in [-0.05, 0) is 60.1 Å². The lowest BCUT2D eigenvalue weighted by molar-refractivity contribution is 0.0215. The van der Waals surface area contributed by atoms with Crippen molar-refractivity contribution in [1.82, 2.24) is 0 Å². The Morgan fingerprint density at radius 1 is 1.20 bits per heavy atom. The molecule has 0 spiro atoms. The molecule has 0 aliphatic carbocycles. The average molecular weight is 390 g/mol. The highest BCUT2D eigenvalue weighted by molar-refractivity contribution is 14.1. The molecule has 3 nitrogen and oxygen atoms in total. The minimum absolute atomic E-state index is 0.0731. The third-order valence-electron chi connectivity index (χ3n) is 3.03. The Balaban J connectivity index is 2.17. The summed E-state index contributed by atoms with van der Waals surface area (Å²) in [5, 5.41) is 0. The van der Waals surface area contributed by atoms with Crippen LogP contribution in [0.1, 0.15) is 51.5 Å². The van der Waals surface area contributed by atoms with Gasteiger partial charge >= 0.3 is 6.16 Å². The van der Waals surface area contributed by atoms with E-state index in [1.807, 2.05) is 31.2 Å². The maximum Gasteiger partial charge on any atom is 0.508 e. The van der Waals surface area contributed by atoms with Gasteiger partial charge in [0.2, 0.25) is 0 Å². The van der Waals surface area contributed by atoms with Gasteiger partial charge in [0.05, 0.1) is 0 Å². The highest BCUT2D eigenvalue weighted by Crippen LogP contribution is 2.11. The molecule has 0 radical (unpaired) electrons. The molecule has 0 saturated heterocycles. The lowest BCUT2D eigenvalue weighted by atomic mass is 10.1. The molecule has 0 fully saturated rings. The zero-order valence-corrected chi connectivity index (χ0v) is 14.4. The number of carbonyl (C=O) groups excluding carboxylic acids is 1. The Kier molecular flexibility index (Phi) is 8.65. The zero-order chi connectivity index (χ0) is 14.8. The first kappa shape index (κ1) is 17.3. The van der Waals surface area contributed by atoms with Crippen LogP contribution in [0.2, 0.25) is 0 Å². The van der Waals surface area contributed by atoms with Crippen LogP contribution in [-0.2, 0) is 16.1 Å². The molecule has 0 heterocycles. The van der Waals surface area contributed by atoms with Gasteiger partial charge in [-0.15, -0.1) is 0 Å². The summed E-state index contributed by atoms with van der Waals surface area (Å²) in [6.45, 7) is 4.36. The third-order valence-corrected chi connectivity index (χ3v) is 3.75. The summed E-state index contributed by atoms with van der Waals surface area (Å²) in [6.07, 6.45) is 5.00. The first-order valence-corrected chi connectivity index (χ1v) is 8.27. The number of hydrogen-bond donors (Lipinski definition) is 0. The molecule has 0 aliphatic heterocycles. The highest BCUT2D eigenvalue weighted by atomic mass is 127. The van der Waals surface area contributed by atoms with E-state index in [1.54, 1.807) is 0 Å². The van der Waals surface area contributed by atoms with E-state index in [1.165, 1.54) is 19.3 Å². The molecule has 20 heavy (non-hydrogen) atoms. The fourth-order valence-corrected chi connectivity index (χ4v) is 2.20. The van der Waals surface area contributed by atoms with Crippen LogP contribution < -0.4 is 0 Å². The van der Waals surface area contributed by atoms with Crippen LogP contribution in [0.3, 0.4) is 0 Å². The Hall–Kier alpha value is -0.780. The summed E-state index contributed by atoms with van der Waals surface area (Å²) in [4.78, 5) is 11.5. The largest absolute Gasteiger partial charge is 0.508 e. The molecule has 4 heteroatoms. The van der Waals surface area contributed by atoms with Crippen molar-refractivity contribution >= 4 is 28.7 Å². The topological polar surface area (TPSA) is 35.5 Å². The molecule has 1 atom stereocenters. The molecule has 0 bridgehead atoms. The van der Waals surface area contributed by atoms with Crippen LogP contribution in [0.5, 0.6) is 0 Å². The second-order valence-electron chi connectivity index (χ2n) is 4.94. The Labute approximate surface area is 135 Å². The molecule has 0 saturated carbocycles. The van der Waals surface area contributed by atoms with E-state index >= 15 is 0 Å². The maximum absolute atomic E-state index is 11.5. The van der Waals surface area contributed by atoms with Gasteiger partial charge < -0.3 is 9.47 Å². The Bertz CT molecular complexity index is 389. The van der Waals surface area contributed by atoms with Crippen molar-refractivity contribution in [2.75, 3.05) is 0 Å². The van der Waals surface area contributed by atoms with Gasteiger partial charge in [0.15, 0.2) is 0 Å². The number of rotatable bonds is 8. The van der Waals surface area contributed by atoms with Crippen molar-refractivity contribution in [2.45, 2.75) is 58.7 Å². The molecular weight excluding hydrogens is 367 g/mol. The van der Waals surface area contributed by atoms with Crippen LogP contribution in [-0.4, -0.2) is 12.3 Å². The molecule has 1 rings (SSSR count). The maximum atomic E-state index is 11.5. The summed E-state index contributed by atoms with van der Waals surface area (Å²) >= 11 is 2.24. The summed E-state index contributed by atoms with van der Waals surface area (Å²) < 4.78 is 11.5. The van der Waals surface area contributed by atoms with E-state index in [9.17, 15) is 4.79 Å². The lowest BCUT2D eigenvalue weighted by Gasteiger charge is -2.13. The SMILES string of the molecule is CCCCCCC(C)OC(=O)OCc1ccc(I)cc1. The van der Waals surface area contributed by atoms with Crippen molar-refractivity contribution in [1.29, 1.82) is 0 Å². The number of benzene rings is 1. The number of hydrogen-bond acceptors (Lipinski definition) is 3. The summed E-state index contributed by atoms with van der Waals surface area (Å²) in [5.74, 6) is 0. The first-order valence-electron chi connectivity index (χ1n) is 7.19. The van der Waals surface area contributed by atoms with Crippen molar-refractivity contribution in [3.05, 3.63) is 33.4 Å². The van der Waals surface area contributed by atoms with Gasteiger partial charge in [0, 0.05) is 3.57 Å². The van der Waals surface area contributed by atoms with Crippen LogP contribution in [0.25, 0.3) is 0 Å². The molecule has 112 valence electrons. The molecule has 1 unspecified atom stereocenters. The Morgan fingerprint density at radius 2 is 1.90 bits per heavy atom. The second kappa shape index (κ2) is 10.0. The van der Waals surface area contributed by atoms with Gasteiger partial charge in [-0.3, -0.25) is 0 Å². The van der Waals surface area contributed by atoms with Crippen LogP contribution in [0.15, 0.2) is 24.3 Å². The predicted molar refractivity (Wildman–Crippen MR) is 88.7 cm³/mol. The standard InChI is InChI=1S/C16H23IO3/c1-3-4-5-6-7-13(2)20-16(18)19-12-14-8-10-15(17)11-9-14/h8-11,13H,3-7,12H2,1-2H3. The highest BCUT2D eigenvalue weighted by Gasteiger charge is 2.10. The Morgan fingerprint density at radius 3 is 2.55 bits per heavy atom. The molecular formula is C16H23IO3. The van der Waals surface area contributed by atoms with Crippen molar-refractivity contribution in [2.24, 2.45) is 0 Å². The minimum atomic E-state index is -0.577. The van der Waals surface area contributed by atoms with Crippen LogP contribution >= 0.6 is 22.6 Å². The fraction of sp³-hybridized carbons (Fsp3) is 0.562. The predicted octanol–water partition coefficient (Wildman–Crippen LogP) is 5.30.